The molecule has 2 aromatic rings. The summed E-state index contributed by atoms with van der Waals surface area (Å²) >= 11 is 0. The van der Waals surface area contributed by atoms with Crippen molar-refractivity contribution in [3.05, 3.63) is 47.7 Å². The Morgan fingerprint density at radius 1 is 1.35 bits per heavy atom. The third-order valence-corrected chi connectivity index (χ3v) is 2.48. The van der Waals surface area contributed by atoms with Gasteiger partial charge in [0.25, 0.3) is 0 Å². The van der Waals surface area contributed by atoms with E-state index in [0.29, 0.717) is 0 Å². The number of benzene rings is 1. The maximum atomic E-state index is 10.6. The van der Waals surface area contributed by atoms with Crippen molar-refractivity contribution in [2.24, 2.45) is 5.73 Å². The lowest BCUT2D eigenvalue weighted by atomic mass is 10.1. The Balaban J connectivity index is 2.29. The fraction of sp³-hybridized carbons (Fsp3) is 0.143. The van der Waals surface area contributed by atoms with Gasteiger partial charge in [0.05, 0.1) is 5.52 Å². The number of nitrogens with two attached hydrogens (primary N) is 1. The Morgan fingerprint density at radius 2 is 2.18 bits per heavy atom. The third kappa shape index (κ3) is 2.91. The van der Waals surface area contributed by atoms with Gasteiger partial charge < -0.3 is 5.73 Å². The molecule has 0 radical (unpaired) electrons. The number of hydrogen-bond donors (Lipinski definition) is 1. The van der Waals surface area contributed by atoms with Crippen molar-refractivity contribution < 1.29 is 4.79 Å². The Morgan fingerprint density at radius 3 is 2.94 bits per heavy atom. The quantitative estimate of drug-likeness (QED) is 0.873. The van der Waals surface area contributed by atoms with Crippen LogP contribution in [0.25, 0.3) is 17.0 Å². The van der Waals surface area contributed by atoms with Gasteiger partial charge in [-0.05, 0) is 30.7 Å². The highest BCUT2D eigenvalue weighted by atomic mass is 16.1. The number of aromatic nitrogens is 1. The van der Waals surface area contributed by atoms with Crippen molar-refractivity contribution in [1.82, 2.24) is 4.98 Å². The second-order valence-corrected chi connectivity index (χ2v) is 3.98. The molecular formula is C14H14N2O. The Hall–Kier alpha value is -2.16. The maximum absolute atomic E-state index is 10.6. The van der Waals surface area contributed by atoms with Gasteiger partial charge in [-0.15, -0.1) is 0 Å². The monoisotopic (exact) mass is 226 g/mol. The molecule has 0 fully saturated rings. The molecule has 3 heteroatoms. The van der Waals surface area contributed by atoms with Crippen molar-refractivity contribution in [1.29, 1.82) is 0 Å². The molecule has 0 aliphatic heterocycles. The van der Waals surface area contributed by atoms with Crippen molar-refractivity contribution >= 4 is 22.9 Å². The first-order chi connectivity index (χ1) is 8.15. The summed E-state index contributed by atoms with van der Waals surface area (Å²) in [7, 11) is 0. The van der Waals surface area contributed by atoms with Gasteiger partial charge in [0.15, 0.2) is 0 Å². The molecular weight excluding hydrogens is 212 g/mol. The van der Waals surface area contributed by atoms with E-state index < -0.39 is 0 Å². The predicted octanol–water partition coefficient (Wildman–Crippen LogP) is 2.43. The molecule has 86 valence electrons. The van der Waals surface area contributed by atoms with Gasteiger partial charge in [0.2, 0.25) is 5.91 Å². The van der Waals surface area contributed by atoms with E-state index in [0.717, 1.165) is 22.2 Å². The van der Waals surface area contributed by atoms with E-state index in [1.807, 2.05) is 43.3 Å². The summed E-state index contributed by atoms with van der Waals surface area (Å²) in [5, 5.41) is 1.09. The van der Waals surface area contributed by atoms with E-state index in [1.54, 1.807) is 6.08 Å². The lowest BCUT2D eigenvalue weighted by Crippen LogP contribution is -2.07. The van der Waals surface area contributed by atoms with Crippen LogP contribution in [0.2, 0.25) is 0 Å². The van der Waals surface area contributed by atoms with Gasteiger partial charge in [0.1, 0.15) is 0 Å². The van der Waals surface area contributed by atoms with Crippen molar-refractivity contribution in [2.75, 3.05) is 0 Å². The van der Waals surface area contributed by atoms with Gasteiger partial charge in [-0.1, -0.05) is 24.3 Å². The van der Waals surface area contributed by atoms with Crippen LogP contribution in [0.1, 0.15) is 17.7 Å². The highest BCUT2D eigenvalue weighted by Gasteiger charge is 1.96. The van der Waals surface area contributed by atoms with E-state index in [-0.39, 0.29) is 12.3 Å². The van der Waals surface area contributed by atoms with E-state index in [4.69, 9.17) is 5.73 Å². The zero-order chi connectivity index (χ0) is 12.3. The molecule has 1 aromatic heterocycles. The summed E-state index contributed by atoms with van der Waals surface area (Å²) < 4.78 is 0. The number of nitrogens with zero attached hydrogens (tertiary/aromatic N) is 1. The van der Waals surface area contributed by atoms with E-state index in [2.05, 4.69) is 4.98 Å². The second-order valence-electron chi connectivity index (χ2n) is 3.98. The average molecular weight is 226 g/mol. The summed E-state index contributed by atoms with van der Waals surface area (Å²) in [4.78, 5) is 15.0. The lowest BCUT2D eigenvalue weighted by Gasteiger charge is -2.00. The van der Waals surface area contributed by atoms with Crippen LogP contribution in [0.3, 0.4) is 0 Å². The molecule has 0 saturated carbocycles. The molecule has 1 amide bonds. The molecule has 0 saturated heterocycles. The molecule has 0 aliphatic carbocycles. The molecule has 2 rings (SSSR count). The van der Waals surface area contributed by atoms with Gasteiger partial charge in [-0.2, -0.15) is 0 Å². The molecule has 0 atom stereocenters. The minimum atomic E-state index is -0.320. The number of rotatable bonds is 3. The topological polar surface area (TPSA) is 56.0 Å². The van der Waals surface area contributed by atoms with E-state index >= 15 is 0 Å². The van der Waals surface area contributed by atoms with Gasteiger partial charge in [-0.3, -0.25) is 9.78 Å². The molecule has 1 heterocycles. The number of hydrogen-bond acceptors (Lipinski definition) is 2. The number of carbonyl (C=O) groups excluding carboxylic acids is 1. The fourth-order valence-corrected chi connectivity index (χ4v) is 1.66. The summed E-state index contributed by atoms with van der Waals surface area (Å²) in [6.45, 7) is 1.97. The fourth-order valence-electron chi connectivity index (χ4n) is 1.66. The summed E-state index contributed by atoms with van der Waals surface area (Å²) in [5.41, 5.74) is 8.10. The molecule has 17 heavy (non-hydrogen) atoms. The minimum absolute atomic E-state index is 0.268. The standard InChI is InChI=1S/C14H14N2O/c1-10-5-7-12-9-11(3-2-4-14(15)17)6-8-13(12)16-10/h2-3,5-9H,4H2,1H3,(H2,15,17). The van der Waals surface area contributed by atoms with Crippen molar-refractivity contribution in [3.8, 4) is 0 Å². The first kappa shape index (κ1) is 11.3. The van der Waals surface area contributed by atoms with E-state index in [9.17, 15) is 4.79 Å². The Bertz CT molecular complexity index is 588. The van der Waals surface area contributed by atoms with Crippen LogP contribution in [0, 0.1) is 6.92 Å². The molecule has 0 unspecified atom stereocenters. The van der Waals surface area contributed by atoms with Crippen LogP contribution in [0.4, 0.5) is 0 Å². The molecule has 1 aromatic carbocycles. The first-order valence-corrected chi connectivity index (χ1v) is 5.47. The van der Waals surface area contributed by atoms with Crippen molar-refractivity contribution in [3.63, 3.8) is 0 Å². The van der Waals surface area contributed by atoms with Gasteiger partial charge in [0, 0.05) is 17.5 Å². The summed E-state index contributed by atoms with van der Waals surface area (Å²) in [5.74, 6) is -0.320. The SMILES string of the molecule is Cc1ccc2cc(C=CCC(N)=O)ccc2n1. The Labute approximate surface area is 100.0 Å². The van der Waals surface area contributed by atoms with Crippen LogP contribution < -0.4 is 5.73 Å². The number of pyridine rings is 1. The maximum Gasteiger partial charge on any atom is 0.221 e. The number of fused-ring (bicyclic) bond motifs is 1. The van der Waals surface area contributed by atoms with Gasteiger partial charge >= 0.3 is 0 Å². The third-order valence-electron chi connectivity index (χ3n) is 2.48. The second kappa shape index (κ2) is 4.78. The summed E-state index contributed by atoms with van der Waals surface area (Å²) in [6, 6.07) is 10.0. The molecule has 0 bridgehead atoms. The largest absolute Gasteiger partial charge is 0.369 e. The van der Waals surface area contributed by atoms with Crippen molar-refractivity contribution in [2.45, 2.75) is 13.3 Å². The smallest absolute Gasteiger partial charge is 0.221 e. The lowest BCUT2D eigenvalue weighted by molar-refractivity contribution is -0.117. The molecule has 2 N–H and O–H groups in total. The Kier molecular flexibility index (Phi) is 3.19. The minimum Gasteiger partial charge on any atom is -0.369 e. The average Bonchev–Trinajstić information content (AvgIpc) is 2.29. The highest BCUT2D eigenvalue weighted by molar-refractivity contribution is 5.82. The van der Waals surface area contributed by atoms with Gasteiger partial charge in [-0.25, -0.2) is 0 Å². The normalized spacial score (nSPS) is 11.1. The number of amides is 1. The van der Waals surface area contributed by atoms with Crippen LogP contribution in [-0.4, -0.2) is 10.9 Å². The van der Waals surface area contributed by atoms with E-state index in [1.165, 1.54) is 0 Å². The highest BCUT2D eigenvalue weighted by Crippen LogP contribution is 2.15. The predicted molar refractivity (Wildman–Crippen MR) is 69.3 cm³/mol. The first-order valence-electron chi connectivity index (χ1n) is 5.47. The summed E-state index contributed by atoms with van der Waals surface area (Å²) in [6.07, 6.45) is 3.93. The van der Waals surface area contributed by atoms with Crippen LogP contribution in [-0.2, 0) is 4.79 Å². The zero-order valence-corrected chi connectivity index (χ0v) is 9.68. The number of primary amides is 1. The van der Waals surface area contributed by atoms with Crippen LogP contribution >= 0.6 is 0 Å². The van der Waals surface area contributed by atoms with Crippen LogP contribution in [0.5, 0.6) is 0 Å². The number of carbonyl (C=O) groups is 1. The molecule has 3 nitrogen and oxygen atoms in total. The zero-order valence-electron chi connectivity index (χ0n) is 9.68. The van der Waals surface area contributed by atoms with Crippen LogP contribution in [0.15, 0.2) is 36.4 Å². The number of aryl methyl sites for hydroxylation is 1. The molecule has 0 spiro atoms. The molecule has 0 aliphatic rings.